The van der Waals surface area contributed by atoms with Gasteiger partial charge in [-0.3, -0.25) is 24.2 Å². The van der Waals surface area contributed by atoms with Crippen LogP contribution in [0.25, 0.3) is 11.5 Å². The van der Waals surface area contributed by atoms with Gasteiger partial charge in [-0.2, -0.15) is 0 Å². The minimum absolute atomic E-state index is 0.0354. The van der Waals surface area contributed by atoms with E-state index < -0.39 is 29.7 Å². The van der Waals surface area contributed by atoms with Gasteiger partial charge < -0.3 is 20.4 Å². The van der Waals surface area contributed by atoms with Crippen molar-refractivity contribution < 1.29 is 23.6 Å². The second-order valence-electron chi connectivity index (χ2n) is 11.5. The predicted octanol–water partition coefficient (Wildman–Crippen LogP) is 2.63. The summed E-state index contributed by atoms with van der Waals surface area (Å²) in [5.41, 5.74) is 1.43. The number of carbonyl (C=O) groups excluding carboxylic acids is 4. The van der Waals surface area contributed by atoms with Gasteiger partial charge in [0.2, 0.25) is 11.8 Å². The Bertz CT molecular complexity index is 1520. The first-order chi connectivity index (χ1) is 21.2. The summed E-state index contributed by atoms with van der Waals surface area (Å²) in [6.07, 6.45) is 6.52. The zero-order valence-electron chi connectivity index (χ0n) is 24.8. The molecule has 4 heterocycles. The number of aromatic nitrogens is 3. The van der Waals surface area contributed by atoms with Crippen molar-refractivity contribution in [1.82, 2.24) is 35.4 Å². The smallest absolute Gasteiger partial charge is 0.257 e. The fourth-order valence-electron chi connectivity index (χ4n) is 5.49. The van der Waals surface area contributed by atoms with E-state index >= 15 is 0 Å². The van der Waals surface area contributed by atoms with E-state index in [1.54, 1.807) is 24.4 Å². The van der Waals surface area contributed by atoms with Gasteiger partial charge in [0, 0.05) is 44.3 Å². The molecule has 1 fully saturated rings. The second-order valence-corrected chi connectivity index (χ2v) is 11.5. The number of amides is 4. The van der Waals surface area contributed by atoms with Crippen LogP contribution < -0.4 is 10.6 Å². The highest BCUT2D eigenvalue weighted by Crippen LogP contribution is 2.23. The highest BCUT2D eigenvalue weighted by Gasteiger charge is 2.37. The first kappa shape index (κ1) is 30.7. The van der Waals surface area contributed by atoms with Gasteiger partial charge in [-0.1, -0.05) is 26.0 Å². The van der Waals surface area contributed by atoms with Crippen LogP contribution in [0.4, 0.5) is 4.39 Å². The molecular weight excluding hydrogens is 565 g/mol. The number of pyridine rings is 1. The molecule has 1 saturated heterocycles. The van der Waals surface area contributed by atoms with Crippen molar-refractivity contribution >= 4 is 23.6 Å². The van der Waals surface area contributed by atoms with Gasteiger partial charge in [-0.05, 0) is 61.4 Å². The van der Waals surface area contributed by atoms with Crippen molar-refractivity contribution in [3.05, 3.63) is 77.5 Å². The Morgan fingerprint density at radius 3 is 2.57 bits per heavy atom. The van der Waals surface area contributed by atoms with Crippen molar-refractivity contribution in [3.63, 3.8) is 0 Å². The maximum Gasteiger partial charge on any atom is 0.257 e. The molecule has 2 atom stereocenters. The summed E-state index contributed by atoms with van der Waals surface area (Å²) in [5, 5.41) is 5.86. The first-order valence-corrected chi connectivity index (χ1v) is 14.9. The number of benzene rings is 1. The van der Waals surface area contributed by atoms with Crippen LogP contribution in [0.5, 0.6) is 0 Å². The summed E-state index contributed by atoms with van der Waals surface area (Å²) in [4.78, 5) is 69.5. The third-order valence-electron chi connectivity index (χ3n) is 8.01. The molecule has 0 saturated carbocycles. The van der Waals surface area contributed by atoms with Crippen LogP contribution in [0, 0.1) is 11.7 Å². The molecule has 0 spiro atoms. The van der Waals surface area contributed by atoms with Gasteiger partial charge in [-0.15, -0.1) is 0 Å². The molecule has 2 N–H and O–H groups in total. The number of nitrogens with zero attached hydrogens (tertiary/aromatic N) is 5. The van der Waals surface area contributed by atoms with E-state index in [9.17, 15) is 23.6 Å². The molecule has 0 unspecified atom stereocenters. The van der Waals surface area contributed by atoms with E-state index in [1.807, 2.05) is 19.9 Å². The van der Waals surface area contributed by atoms with Crippen molar-refractivity contribution in [2.75, 3.05) is 26.2 Å². The van der Waals surface area contributed by atoms with E-state index in [1.165, 1.54) is 34.3 Å². The van der Waals surface area contributed by atoms with Crippen LogP contribution in [-0.2, 0) is 16.0 Å². The number of carbonyl (C=O) groups is 4. The van der Waals surface area contributed by atoms with Gasteiger partial charge in [0.05, 0.1) is 17.7 Å². The Morgan fingerprint density at radius 2 is 1.84 bits per heavy atom. The van der Waals surface area contributed by atoms with Crippen molar-refractivity contribution in [2.45, 2.75) is 51.6 Å². The zero-order valence-corrected chi connectivity index (χ0v) is 24.8. The van der Waals surface area contributed by atoms with Crippen molar-refractivity contribution in [1.29, 1.82) is 0 Å². The Labute approximate surface area is 255 Å². The summed E-state index contributed by atoms with van der Waals surface area (Å²) in [6, 6.07) is 8.45. The third-order valence-corrected chi connectivity index (χ3v) is 8.01. The molecule has 1 aromatic carbocycles. The Hall–Kier alpha value is -4.74. The van der Waals surface area contributed by atoms with Crippen LogP contribution in [0.15, 0.2) is 55.0 Å². The lowest BCUT2D eigenvalue weighted by molar-refractivity contribution is -0.126. The van der Waals surface area contributed by atoms with Crippen LogP contribution in [0.3, 0.4) is 0 Å². The minimum atomic E-state index is -0.775. The van der Waals surface area contributed by atoms with Crippen LogP contribution in [-0.4, -0.2) is 86.6 Å². The predicted molar refractivity (Wildman–Crippen MR) is 160 cm³/mol. The van der Waals surface area contributed by atoms with E-state index in [2.05, 4.69) is 25.6 Å². The quantitative estimate of drug-likeness (QED) is 0.471. The molecule has 12 heteroatoms. The fourth-order valence-corrected chi connectivity index (χ4v) is 5.49. The van der Waals surface area contributed by atoms with Gasteiger partial charge in [-0.25, -0.2) is 14.4 Å². The zero-order chi connectivity index (χ0) is 31.2. The standard InChI is InChI=1S/C32H36FN7O4/c1-20(2)26-18-39(31(43)22-16-36-29(37-17-22)25-8-3-4-12-34-25)19-28(41)35-13-5-7-21-10-11-24(33)23(15-21)32(44)40-14-6-9-27(40)30(42)38-26/h3-4,8,10-12,15-17,20,26-27H,5-7,9,13-14,18-19H2,1-2H3,(H,35,41)(H,38,42)/t26-,27-/m0/s1. The van der Waals surface area contributed by atoms with Gasteiger partial charge in [0.1, 0.15) is 17.6 Å². The molecule has 2 aliphatic rings. The lowest BCUT2D eigenvalue weighted by atomic mass is 10.0. The Kier molecular flexibility index (Phi) is 9.56. The van der Waals surface area contributed by atoms with E-state index in [-0.39, 0.29) is 41.9 Å². The summed E-state index contributed by atoms with van der Waals surface area (Å²) in [6.45, 7) is 4.26. The van der Waals surface area contributed by atoms with Crippen LogP contribution in [0.1, 0.15) is 59.4 Å². The Balaban J connectivity index is 1.42. The van der Waals surface area contributed by atoms with Gasteiger partial charge in [0.15, 0.2) is 5.82 Å². The highest BCUT2D eigenvalue weighted by atomic mass is 19.1. The molecule has 11 nitrogen and oxygen atoms in total. The minimum Gasteiger partial charge on any atom is -0.355 e. The van der Waals surface area contributed by atoms with Crippen molar-refractivity contribution in [3.8, 4) is 11.5 Å². The topological polar surface area (TPSA) is 137 Å². The SMILES string of the molecule is CC(C)[C@@H]1CN(C(=O)c2cnc(-c3ccccn3)nc2)CC(=O)NCCCc2ccc(F)c(c2)C(=O)N2CCC[C@H]2C(=O)N1. The highest BCUT2D eigenvalue weighted by molar-refractivity contribution is 5.98. The number of hydrogen-bond acceptors (Lipinski definition) is 7. The van der Waals surface area contributed by atoms with Crippen molar-refractivity contribution in [2.24, 2.45) is 5.92 Å². The molecule has 44 heavy (non-hydrogen) atoms. The van der Waals surface area contributed by atoms with E-state index in [0.29, 0.717) is 50.3 Å². The number of fused-ring (bicyclic) bond motifs is 3. The number of nitrogens with one attached hydrogen (secondary N) is 2. The summed E-state index contributed by atoms with van der Waals surface area (Å²) in [5.74, 6) is -2.13. The van der Waals surface area contributed by atoms with Crippen LogP contribution >= 0.6 is 0 Å². The van der Waals surface area contributed by atoms with E-state index in [4.69, 9.17) is 0 Å². The van der Waals surface area contributed by atoms with Gasteiger partial charge in [0.25, 0.3) is 11.8 Å². The summed E-state index contributed by atoms with van der Waals surface area (Å²) in [7, 11) is 0. The maximum absolute atomic E-state index is 14.8. The maximum atomic E-state index is 14.8. The molecule has 3 aromatic rings. The normalized spacial score (nSPS) is 20.1. The fraction of sp³-hybridized carbons (Fsp3) is 0.406. The number of rotatable bonds is 3. The summed E-state index contributed by atoms with van der Waals surface area (Å²) < 4.78 is 14.8. The monoisotopic (exact) mass is 601 g/mol. The molecule has 2 aromatic heterocycles. The number of halogens is 1. The number of aryl methyl sites for hydroxylation is 1. The van der Waals surface area contributed by atoms with E-state index in [0.717, 1.165) is 5.56 Å². The lowest BCUT2D eigenvalue weighted by Crippen LogP contribution is -2.54. The average molecular weight is 602 g/mol. The molecule has 0 aliphatic carbocycles. The first-order valence-electron chi connectivity index (χ1n) is 14.9. The average Bonchev–Trinajstić information content (AvgIpc) is 3.53. The molecular formula is C32H36FN7O4. The largest absolute Gasteiger partial charge is 0.355 e. The van der Waals surface area contributed by atoms with Crippen LogP contribution in [0.2, 0.25) is 0 Å². The molecule has 4 amide bonds. The lowest BCUT2D eigenvalue weighted by Gasteiger charge is -2.32. The number of hydrogen-bond donors (Lipinski definition) is 2. The molecule has 2 aliphatic heterocycles. The molecule has 2 bridgehead atoms. The second kappa shape index (κ2) is 13.7. The summed E-state index contributed by atoms with van der Waals surface area (Å²) >= 11 is 0. The molecule has 230 valence electrons. The van der Waals surface area contributed by atoms with Gasteiger partial charge >= 0.3 is 0 Å². The molecule has 5 rings (SSSR count). The Morgan fingerprint density at radius 1 is 1.05 bits per heavy atom. The third kappa shape index (κ3) is 7.07. The molecule has 0 radical (unpaired) electrons.